The van der Waals surface area contributed by atoms with Crippen molar-refractivity contribution in [2.45, 2.75) is 13.1 Å². The van der Waals surface area contributed by atoms with Crippen molar-refractivity contribution in [2.75, 3.05) is 7.11 Å². The number of halogens is 3. The summed E-state index contributed by atoms with van der Waals surface area (Å²) in [6, 6.07) is 14.1. The predicted molar refractivity (Wildman–Crippen MR) is 107 cm³/mol. The topological polar surface area (TPSA) is 43.6 Å². The lowest BCUT2D eigenvalue weighted by Crippen LogP contribution is -2.04. The number of alkyl halides is 3. The number of hydrogen-bond acceptors (Lipinski definition) is 3. The molecular weight excluding hydrogens is 393 g/mol. The molecule has 4 rings (SSSR count). The van der Waals surface area contributed by atoms with Crippen LogP contribution in [-0.2, 0) is 10.9 Å². The number of imidazole rings is 1. The summed E-state index contributed by atoms with van der Waals surface area (Å²) in [5, 5.41) is 0. The van der Waals surface area contributed by atoms with Crippen molar-refractivity contribution in [2.24, 2.45) is 0 Å². The third-order valence-electron chi connectivity index (χ3n) is 4.93. The molecule has 0 fully saturated rings. The van der Waals surface area contributed by atoms with E-state index in [1.165, 1.54) is 13.2 Å². The van der Waals surface area contributed by atoms with Crippen molar-refractivity contribution in [1.29, 1.82) is 0 Å². The second-order valence-electron chi connectivity index (χ2n) is 6.89. The third kappa shape index (κ3) is 3.54. The van der Waals surface area contributed by atoms with Gasteiger partial charge in [-0.15, -0.1) is 0 Å². The van der Waals surface area contributed by atoms with Crippen molar-refractivity contribution >= 4 is 11.5 Å². The number of hydrogen-bond donors (Lipinski definition) is 0. The molecule has 0 aliphatic heterocycles. The van der Waals surface area contributed by atoms with E-state index in [-0.39, 0.29) is 0 Å². The van der Waals surface area contributed by atoms with Crippen LogP contribution in [-0.4, -0.2) is 22.5 Å². The molecule has 0 amide bonds. The molecule has 0 saturated heterocycles. The fraction of sp³-hybridized carbons (Fsp3) is 0.130. The van der Waals surface area contributed by atoms with E-state index in [9.17, 15) is 18.0 Å². The van der Waals surface area contributed by atoms with Crippen LogP contribution < -0.4 is 0 Å². The summed E-state index contributed by atoms with van der Waals surface area (Å²) in [6.45, 7) is 1.88. The molecule has 7 heteroatoms. The zero-order valence-corrected chi connectivity index (χ0v) is 16.2. The highest BCUT2D eigenvalue weighted by Crippen LogP contribution is 2.33. The van der Waals surface area contributed by atoms with Gasteiger partial charge in [0.15, 0.2) is 0 Å². The van der Waals surface area contributed by atoms with Crippen molar-refractivity contribution in [3.05, 3.63) is 83.7 Å². The SMILES string of the molecule is COC(=O)c1ccc(-c2ccc3cnc(-c4cccc(C(F)(F)F)c4)n3c2)c(C)c1. The molecule has 0 bridgehead atoms. The van der Waals surface area contributed by atoms with Gasteiger partial charge < -0.3 is 4.74 Å². The van der Waals surface area contributed by atoms with Crippen LogP contribution in [0, 0.1) is 6.92 Å². The van der Waals surface area contributed by atoms with Crippen molar-refractivity contribution in [3.8, 4) is 22.5 Å². The van der Waals surface area contributed by atoms with Gasteiger partial charge in [-0.2, -0.15) is 13.2 Å². The van der Waals surface area contributed by atoms with Gasteiger partial charge in [-0.1, -0.05) is 24.3 Å². The van der Waals surface area contributed by atoms with Crippen LogP contribution in [0.4, 0.5) is 13.2 Å². The van der Waals surface area contributed by atoms with Crippen LogP contribution >= 0.6 is 0 Å². The van der Waals surface area contributed by atoms with Gasteiger partial charge in [0.1, 0.15) is 5.82 Å². The molecule has 0 aliphatic carbocycles. The van der Waals surface area contributed by atoms with E-state index >= 15 is 0 Å². The molecule has 152 valence electrons. The normalized spacial score (nSPS) is 11.6. The number of ether oxygens (including phenoxy) is 1. The van der Waals surface area contributed by atoms with E-state index in [0.717, 1.165) is 34.3 Å². The Kier molecular flexibility index (Phi) is 4.81. The van der Waals surface area contributed by atoms with E-state index in [1.807, 2.05) is 31.3 Å². The number of fused-ring (bicyclic) bond motifs is 1. The van der Waals surface area contributed by atoms with Gasteiger partial charge in [0.05, 0.1) is 30.0 Å². The number of carbonyl (C=O) groups excluding carboxylic acids is 1. The van der Waals surface area contributed by atoms with E-state index in [4.69, 9.17) is 4.74 Å². The fourth-order valence-electron chi connectivity index (χ4n) is 3.43. The Morgan fingerprint density at radius 2 is 1.83 bits per heavy atom. The average Bonchev–Trinajstić information content (AvgIpc) is 3.15. The summed E-state index contributed by atoms with van der Waals surface area (Å²) < 4.78 is 45.8. The molecule has 0 aliphatic rings. The summed E-state index contributed by atoms with van der Waals surface area (Å²) in [5.74, 6) is 0.00308. The molecule has 0 saturated carbocycles. The van der Waals surface area contributed by atoms with Gasteiger partial charge in [-0.3, -0.25) is 4.40 Å². The van der Waals surface area contributed by atoms with Crippen LogP contribution in [0.2, 0.25) is 0 Å². The van der Waals surface area contributed by atoms with Crippen LogP contribution in [0.25, 0.3) is 28.0 Å². The number of rotatable bonds is 3. The first-order chi connectivity index (χ1) is 14.3. The van der Waals surface area contributed by atoms with Crippen LogP contribution in [0.5, 0.6) is 0 Å². The predicted octanol–water partition coefficient (Wildman–Crippen LogP) is 5.78. The van der Waals surface area contributed by atoms with Crippen molar-refractivity contribution in [1.82, 2.24) is 9.38 Å². The van der Waals surface area contributed by atoms with Gasteiger partial charge in [-0.25, -0.2) is 9.78 Å². The van der Waals surface area contributed by atoms with Gasteiger partial charge in [0, 0.05) is 11.8 Å². The minimum atomic E-state index is -4.42. The number of aromatic nitrogens is 2. The second kappa shape index (κ2) is 7.33. The van der Waals surface area contributed by atoms with Gasteiger partial charge in [0.25, 0.3) is 0 Å². The molecule has 4 nitrogen and oxygen atoms in total. The number of benzene rings is 2. The Hall–Kier alpha value is -3.61. The largest absolute Gasteiger partial charge is 0.465 e. The molecule has 0 unspecified atom stereocenters. The Balaban J connectivity index is 1.81. The zero-order chi connectivity index (χ0) is 21.5. The Morgan fingerprint density at radius 1 is 1.03 bits per heavy atom. The molecule has 2 aromatic carbocycles. The van der Waals surface area contributed by atoms with E-state index in [1.54, 1.807) is 28.8 Å². The van der Waals surface area contributed by atoms with Crippen LogP contribution in [0.15, 0.2) is 67.0 Å². The number of aryl methyl sites for hydroxylation is 1. The van der Waals surface area contributed by atoms with Crippen molar-refractivity contribution < 1.29 is 22.7 Å². The highest BCUT2D eigenvalue weighted by molar-refractivity contribution is 5.90. The van der Waals surface area contributed by atoms with Crippen LogP contribution in [0.3, 0.4) is 0 Å². The first-order valence-electron chi connectivity index (χ1n) is 9.12. The lowest BCUT2D eigenvalue weighted by Gasteiger charge is -2.11. The highest BCUT2D eigenvalue weighted by atomic mass is 19.4. The van der Waals surface area contributed by atoms with Gasteiger partial charge in [-0.05, 0) is 53.9 Å². The lowest BCUT2D eigenvalue weighted by molar-refractivity contribution is -0.137. The smallest absolute Gasteiger partial charge is 0.416 e. The van der Waals surface area contributed by atoms with E-state index in [2.05, 4.69) is 4.98 Å². The summed E-state index contributed by atoms with van der Waals surface area (Å²) in [4.78, 5) is 16.1. The monoisotopic (exact) mass is 410 g/mol. The number of nitrogens with zero attached hydrogens (tertiary/aromatic N) is 2. The van der Waals surface area contributed by atoms with E-state index in [0.29, 0.717) is 17.0 Å². The van der Waals surface area contributed by atoms with Crippen molar-refractivity contribution in [3.63, 3.8) is 0 Å². The fourth-order valence-corrected chi connectivity index (χ4v) is 3.43. The minimum Gasteiger partial charge on any atom is -0.465 e. The van der Waals surface area contributed by atoms with E-state index < -0.39 is 17.7 Å². The quantitative estimate of drug-likeness (QED) is 0.402. The molecule has 4 aromatic rings. The average molecular weight is 410 g/mol. The molecule has 2 heterocycles. The third-order valence-corrected chi connectivity index (χ3v) is 4.93. The van der Waals surface area contributed by atoms with Gasteiger partial charge in [0.2, 0.25) is 0 Å². The highest BCUT2D eigenvalue weighted by Gasteiger charge is 2.30. The maximum Gasteiger partial charge on any atom is 0.416 e. The van der Waals surface area contributed by atoms with Crippen LogP contribution in [0.1, 0.15) is 21.5 Å². The molecule has 0 radical (unpaired) electrons. The maximum absolute atomic E-state index is 13.1. The van der Waals surface area contributed by atoms with Gasteiger partial charge >= 0.3 is 12.1 Å². The summed E-state index contributed by atoms with van der Waals surface area (Å²) >= 11 is 0. The number of methoxy groups -OCH3 is 1. The first kappa shape index (κ1) is 19.7. The Morgan fingerprint density at radius 3 is 2.53 bits per heavy atom. The molecule has 0 atom stereocenters. The standard InChI is InChI=1S/C23H17F3N2O2/c1-14-10-16(22(29)30-2)7-9-20(14)17-6-8-19-12-27-21(28(19)13-17)15-4-3-5-18(11-15)23(24,25)26/h3-13H,1-2H3. The summed E-state index contributed by atoms with van der Waals surface area (Å²) in [7, 11) is 1.33. The maximum atomic E-state index is 13.1. The zero-order valence-electron chi connectivity index (χ0n) is 16.2. The molecule has 0 spiro atoms. The molecule has 30 heavy (non-hydrogen) atoms. The number of esters is 1. The second-order valence-corrected chi connectivity index (χ2v) is 6.89. The summed E-state index contributed by atoms with van der Waals surface area (Å²) in [5.41, 5.74) is 3.48. The first-order valence-corrected chi connectivity index (χ1v) is 9.12. The Bertz CT molecular complexity index is 1260. The summed E-state index contributed by atoms with van der Waals surface area (Å²) in [6.07, 6.45) is -0.975. The Labute approximate surface area is 170 Å². The molecular formula is C23H17F3N2O2. The lowest BCUT2D eigenvalue weighted by atomic mass is 9.99. The molecule has 0 N–H and O–H groups in total. The minimum absolute atomic E-state index is 0.375. The number of pyridine rings is 1. The number of carbonyl (C=O) groups is 1. The molecule has 2 aromatic heterocycles.